The number of carbonyl (C=O) groups excluding carboxylic acids is 2. The zero-order chi connectivity index (χ0) is 19.2. The molecule has 0 spiro atoms. The van der Waals surface area contributed by atoms with Crippen LogP contribution < -0.4 is 10.2 Å². The molecular formula is C21H24ClN3O2. The molecule has 1 heterocycles. The quantitative estimate of drug-likeness (QED) is 0.855. The summed E-state index contributed by atoms with van der Waals surface area (Å²) in [6, 6.07) is 15.4. The van der Waals surface area contributed by atoms with Crippen LogP contribution in [-0.2, 0) is 16.0 Å². The van der Waals surface area contributed by atoms with Gasteiger partial charge in [-0.1, -0.05) is 29.8 Å². The Morgan fingerprint density at radius 1 is 1.00 bits per heavy atom. The lowest BCUT2D eigenvalue weighted by Gasteiger charge is -2.35. The van der Waals surface area contributed by atoms with Crippen molar-refractivity contribution in [2.75, 3.05) is 36.4 Å². The van der Waals surface area contributed by atoms with Gasteiger partial charge in [-0.25, -0.2) is 0 Å². The molecule has 0 unspecified atom stereocenters. The number of hydrogen-bond acceptors (Lipinski definition) is 3. The van der Waals surface area contributed by atoms with Crippen LogP contribution in [0.4, 0.5) is 11.4 Å². The third-order valence-corrected chi connectivity index (χ3v) is 5.19. The van der Waals surface area contributed by atoms with Gasteiger partial charge in [0.05, 0.1) is 0 Å². The van der Waals surface area contributed by atoms with E-state index in [0.717, 1.165) is 43.1 Å². The number of nitrogens with zero attached hydrogens (tertiary/aromatic N) is 2. The Bertz CT molecular complexity index is 799. The van der Waals surface area contributed by atoms with E-state index >= 15 is 0 Å². The summed E-state index contributed by atoms with van der Waals surface area (Å²) in [5.41, 5.74) is 2.87. The highest BCUT2D eigenvalue weighted by molar-refractivity contribution is 6.31. The fourth-order valence-electron chi connectivity index (χ4n) is 3.21. The third kappa shape index (κ3) is 5.23. The third-order valence-electron chi connectivity index (χ3n) is 4.82. The zero-order valence-corrected chi connectivity index (χ0v) is 16.2. The number of anilines is 2. The van der Waals surface area contributed by atoms with E-state index in [1.165, 1.54) is 0 Å². The van der Waals surface area contributed by atoms with Gasteiger partial charge in [-0.2, -0.15) is 0 Å². The maximum absolute atomic E-state index is 12.2. The highest BCUT2D eigenvalue weighted by Crippen LogP contribution is 2.20. The van der Waals surface area contributed by atoms with E-state index in [0.29, 0.717) is 17.9 Å². The number of carbonyl (C=O) groups is 2. The van der Waals surface area contributed by atoms with Crippen LogP contribution in [0.15, 0.2) is 48.5 Å². The van der Waals surface area contributed by atoms with Crippen LogP contribution in [0.5, 0.6) is 0 Å². The number of halogens is 1. The van der Waals surface area contributed by atoms with Crippen LogP contribution in [0.3, 0.4) is 0 Å². The van der Waals surface area contributed by atoms with Gasteiger partial charge in [-0.05, 0) is 42.3 Å². The smallest absolute Gasteiger partial charge is 0.224 e. The molecule has 2 aromatic carbocycles. The summed E-state index contributed by atoms with van der Waals surface area (Å²) in [6.07, 6.45) is 1.00. The van der Waals surface area contributed by atoms with Gasteiger partial charge in [0.15, 0.2) is 0 Å². The molecule has 1 aliphatic rings. The van der Waals surface area contributed by atoms with E-state index in [1.54, 1.807) is 6.92 Å². The standard InChI is InChI=1S/C21H24ClN3O2/c1-16(26)24-12-14-25(15-13-24)19-9-7-18(8-10-19)23-21(27)11-6-17-4-2-3-5-20(17)22/h2-5,7-10H,6,11-15H2,1H3,(H,23,27). The van der Waals surface area contributed by atoms with Gasteiger partial charge in [-0.15, -0.1) is 0 Å². The van der Waals surface area contributed by atoms with E-state index in [4.69, 9.17) is 11.6 Å². The van der Waals surface area contributed by atoms with Crippen molar-refractivity contribution in [3.05, 3.63) is 59.1 Å². The topological polar surface area (TPSA) is 52.7 Å². The van der Waals surface area contributed by atoms with Crippen LogP contribution in [0.1, 0.15) is 18.9 Å². The normalized spacial score (nSPS) is 14.1. The van der Waals surface area contributed by atoms with Gasteiger partial charge in [0, 0.05) is 55.9 Å². The number of aryl methyl sites for hydroxylation is 1. The van der Waals surface area contributed by atoms with Crippen molar-refractivity contribution in [2.24, 2.45) is 0 Å². The first-order valence-corrected chi connectivity index (χ1v) is 9.54. The van der Waals surface area contributed by atoms with Crippen LogP contribution in [0.25, 0.3) is 0 Å². The SMILES string of the molecule is CC(=O)N1CCN(c2ccc(NC(=O)CCc3ccccc3Cl)cc2)CC1. The highest BCUT2D eigenvalue weighted by Gasteiger charge is 2.18. The van der Waals surface area contributed by atoms with Crippen LogP contribution in [0.2, 0.25) is 5.02 Å². The first-order valence-electron chi connectivity index (χ1n) is 9.17. The van der Waals surface area contributed by atoms with Crippen LogP contribution in [-0.4, -0.2) is 42.9 Å². The molecule has 5 nitrogen and oxygen atoms in total. The number of nitrogens with one attached hydrogen (secondary N) is 1. The monoisotopic (exact) mass is 385 g/mol. The summed E-state index contributed by atoms with van der Waals surface area (Å²) in [5, 5.41) is 3.62. The fraction of sp³-hybridized carbons (Fsp3) is 0.333. The molecule has 3 rings (SSSR count). The summed E-state index contributed by atoms with van der Waals surface area (Å²) in [4.78, 5) is 27.7. The largest absolute Gasteiger partial charge is 0.368 e. The molecule has 0 saturated carbocycles. The molecule has 0 radical (unpaired) electrons. The molecule has 142 valence electrons. The summed E-state index contributed by atoms with van der Waals surface area (Å²) >= 11 is 6.13. The molecule has 6 heteroatoms. The predicted octanol–water partition coefficient (Wildman–Crippen LogP) is 3.58. The molecule has 2 amide bonds. The average Bonchev–Trinajstić information content (AvgIpc) is 2.68. The maximum Gasteiger partial charge on any atom is 0.224 e. The molecule has 1 saturated heterocycles. The molecule has 1 N–H and O–H groups in total. The van der Waals surface area contributed by atoms with Crippen LogP contribution in [0, 0.1) is 0 Å². The van der Waals surface area contributed by atoms with E-state index in [2.05, 4.69) is 10.2 Å². The van der Waals surface area contributed by atoms with Gasteiger partial charge in [0.25, 0.3) is 0 Å². The molecule has 1 fully saturated rings. The second-order valence-corrected chi connectivity index (χ2v) is 7.09. The van der Waals surface area contributed by atoms with E-state index in [9.17, 15) is 9.59 Å². The molecular weight excluding hydrogens is 362 g/mol. The Morgan fingerprint density at radius 2 is 1.67 bits per heavy atom. The van der Waals surface area contributed by atoms with Crippen LogP contribution >= 0.6 is 11.6 Å². The van der Waals surface area contributed by atoms with Gasteiger partial charge >= 0.3 is 0 Å². The van der Waals surface area contributed by atoms with Crippen molar-refractivity contribution in [3.8, 4) is 0 Å². The van der Waals surface area contributed by atoms with E-state index < -0.39 is 0 Å². The minimum atomic E-state index is -0.0299. The zero-order valence-electron chi connectivity index (χ0n) is 15.5. The lowest BCUT2D eigenvalue weighted by molar-refractivity contribution is -0.129. The van der Waals surface area contributed by atoms with Crippen molar-refractivity contribution in [1.82, 2.24) is 4.90 Å². The second kappa shape index (κ2) is 8.91. The lowest BCUT2D eigenvalue weighted by atomic mass is 10.1. The number of piperazine rings is 1. The number of benzene rings is 2. The molecule has 27 heavy (non-hydrogen) atoms. The van der Waals surface area contributed by atoms with Crippen molar-refractivity contribution >= 4 is 34.8 Å². The Kier molecular flexibility index (Phi) is 6.35. The molecule has 0 atom stereocenters. The first kappa shape index (κ1) is 19.2. The van der Waals surface area contributed by atoms with Gasteiger partial charge < -0.3 is 15.1 Å². The van der Waals surface area contributed by atoms with E-state index in [-0.39, 0.29) is 11.8 Å². The van der Waals surface area contributed by atoms with E-state index in [1.807, 2.05) is 53.4 Å². The predicted molar refractivity (Wildman–Crippen MR) is 109 cm³/mol. The Labute approximate surface area is 164 Å². The first-order chi connectivity index (χ1) is 13.0. The average molecular weight is 386 g/mol. The summed E-state index contributed by atoms with van der Waals surface area (Å²) < 4.78 is 0. The molecule has 2 aromatic rings. The minimum absolute atomic E-state index is 0.0299. The summed E-state index contributed by atoms with van der Waals surface area (Å²) in [5.74, 6) is 0.0993. The molecule has 0 aliphatic carbocycles. The minimum Gasteiger partial charge on any atom is -0.368 e. The Balaban J connectivity index is 1.49. The summed E-state index contributed by atoms with van der Waals surface area (Å²) in [6.45, 7) is 4.75. The van der Waals surface area contributed by atoms with Gasteiger partial charge in [0.2, 0.25) is 11.8 Å². The van der Waals surface area contributed by atoms with Crippen molar-refractivity contribution in [1.29, 1.82) is 0 Å². The molecule has 1 aliphatic heterocycles. The summed E-state index contributed by atoms with van der Waals surface area (Å²) in [7, 11) is 0. The van der Waals surface area contributed by atoms with Crippen molar-refractivity contribution < 1.29 is 9.59 Å². The van der Waals surface area contributed by atoms with Gasteiger partial charge in [-0.3, -0.25) is 9.59 Å². The molecule has 0 aromatic heterocycles. The number of rotatable bonds is 5. The molecule has 0 bridgehead atoms. The van der Waals surface area contributed by atoms with Gasteiger partial charge in [0.1, 0.15) is 0 Å². The fourth-order valence-corrected chi connectivity index (χ4v) is 3.44. The van der Waals surface area contributed by atoms with Crippen molar-refractivity contribution in [3.63, 3.8) is 0 Å². The number of hydrogen-bond donors (Lipinski definition) is 1. The second-order valence-electron chi connectivity index (χ2n) is 6.68. The highest BCUT2D eigenvalue weighted by atomic mass is 35.5. The lowest BCUT2D eigenvalue weighted by Crippen LogP contribution is -2.48. The van der Waals surface area contributed by atoms with Crippen molar-refractivity contribution in [2.45, 2.75) is 19.8 Å². The number of amides is 2. The maximum atomic E-state index is 12.2. The Morgan fingerprint density at radius 3 is 2.30 bits per heavy atom. The Hall–Kier alpha value is -2.53.